The summed E-state index contributed by atoms with van der Waals surface area (Å²) in [6, 6.07) is 0. The molecule has 0 aliphatic heterocycles. The smallest absolute Gasteiger partial charge is 1.00 e. The van der Waals surface area contributed by atoms with Crippen molar-refractivity contribution < 1.29 is 84.4 Å². The van der Waals surface area contributed by atoms with Crippen molar-refractivity contribution in [3.63, 3.8) is 0 Å². The molecule has 0 saturated carbocycles. The third-order valence-electron chi connectivity index (χ3n) is 0.500. The summed E-state index contributed by atoms with van der Waals surface area (Å²) in [4.78, 5) is 0. The van der Waals surface area contributed by atoms with E-state index in [9.17, 15) is 0 Å². The van der Waals surface area contributed by atoms with E-state index < -0.39 is 0 Å². The number of hydrogen-bond donors (Lipinski definition) is 0. The standard InChI is InChI=1S/C4H10.5ClH.Ta/c1-3-4-2;;;;;;/h3-4H2,1-2H3;5*1H;/q;;;;;;+5/p-5. The van der Waals surface area contributed by atoms with Gasteiger partial charge in [-0.15, -0.1) is 0 Å². The third-order valence-corrected chi connectivity index (χ3v) is 0.500. The maximum Gasteiger partial charge on any atom is 5.00 e. The van der Waals surface area contributed by atoms with Crippen LogP contribution in [0.25, 0.3) is 0 Å². The van der Waals surface area contributed by atoms with Crippen LogP contribution in [0.5, 0.6) is 0 Å². The molecule has 0 aromatic heterocycles. The van der Waals surface area contributed by atoms with E-state index in [2.05, 4.69) is 13.8 Å². The van der Waals surface area contributed by atoms with E-state index in [1.54, 1.807) is 0 Å². The van der Waals surface area contributed by atoms with Gasteiger partial charge in [-0.2, -0.15) is 0 Å². The summed E-state index contributed by atoms with van der Waals surface area (Å²) in [5, 5.41) is 0. The molecule has 0 bridgehead atoms. The van der Waals surface area contributed by atoms with Gasteiger partial charge in [-0.3, -0.25) is 0 Å². The molecule has 0 rings (SSSR count). The zero-order chi connectivity index (χ0) is 3.41. The minimum Gasteiger partial charge on any atom is -1.00 e. The van der Waals surface area contributed by atoms with E-state index in [1.807, 2.05) is 0 Å². The Balaban J connectivity index is -0.00000000300. The van der Waals surface area contributed by atoms with Gasteiger partial charge in [0.15, 0.2) is 0 Å². The van der Waals surface area contributed by atoms with Gasteiger partial charge >= 0.3 is 22.4 Å². The summed E-state index contributed by atoms with van der Waals surface area (Å²) < 4.78 is 0. The molecule has 0 N–H and O–H groups in total. The Labute approximate surface area is 110 Å². The molecule has 0 aromatic carbocycles. The molecule has 0 radical (unpaired) electrons. The van der Waals surface area contributed by atoms with Gasteiger partial charge in [0.1, 0.15) is 0 Å². The van der Waals surface area contributed by atoms with Crippen molar-refractivity contribution in [3.8, 4) is 0 Å². The van der Waals surface area contributed by atoms with Gasteiger partial charge in [-0.25, -0.2) is 0 Å². The van der Waals surface area contributed by atoms with Gasteiger partial charge in [0.05, 0.1) is 0 Å². The molecular formula is C4H10Cl5Ta. The average molecular weight is 416 g/mol. The summed E-state index contributed by atoms with van der Waals surface area (Å²) in [6.45, 7) is 4.36. The Hall–Kier alpha value is 2.19. The summed E-state index contributed by atoms with van der Waals surface area (Å²) in [5.74, 6) is 0. The van der Waals surface area contributed by atoms with Gasteiger partial charge < -0.3 is 62.0 Å². The number of unbranched alkanes of at least 4 members (excludes halogenated alkanes) is 1. The second-order valence-corrected chi connectivity index (χ2v) is 1.000. The quantitative estimate of drug-likeness (QED) is 0.399. The van der Waals surface area contributed by atoms with Gasteiger partial charge in [-0.1, -0.05) is 26.7 Å². The van der Waals surface area contributed by atoms with Crippen LogP contribution in [0, 0.1) is 0 Å². The predicted octanol–water partition coefficient (Wildman–Crippen LogP) is -13.2. The van der Waals surface area contributed by atoms with Gasteiger partial charge in [-0.05, 0) is 0 Å². The molecule has 0 aromatic rings. The van der Waals surface area contributed by atoms with E-state index in [0.717, 1.165) is 0 Å². The molecule has 0 heterocycles. The minimum atomic E-state index is 0. The molecule has 6 heteroatoms. The van der Waals surface area contributed by atoms with E-state index >= 15 is 0 Å². The minimum absolute atomic E-state index is 0. The first-order valence-corrected chi connectivity index (χ1v) is 1.91. The van der Waals surface area contributed by atoms with Crippen molar-refractivity contribution in [3.05, 3.63) is 0 Å². The fourth-order valence-electron chi connectivity index (χ4n) is 0. The predicted molar refractivity (Wildman–Crippen MR) is 20.6 cm³/mol. The SMILES string of the molecule is CCCC.[Cl-].[Cl-].[Cl-].[Cl-].[Cl-].[Ta+5]. The van der Waals surface area contributed by atoms with E-state index in [4.69, 9.17) is 0 Å². The first-order chi connectivity index (χ1) is 1.91. The third kappa shape index (κ3) is 84.6. The van der Waals surface area contributed by atoms with Crippen LogP contribution in [0.15, 0.2) is 0 Å². The summed E-state index contributed by atoms with van der Waals surface area (Å²) in [6.07, 6.45) is 2.64. The zero-order valence-electron chi connectivity index (χ0n) is 5.75. The first kappa shape index (κ1) is 56.7. The van der Waals surface area contributed by atoms with Crippen LogP contribution in [0.3, 0.4) is 0 Å². The maximum absolute atomic E-state index is 2.18. The van der Waals surface area contributed by atoms with Crippen molar-refractivity contribution in [2.75, 3.05) is 0 Å². The molecule has 0 nitrogen and oxygen atoms in total. The van der Waals surface area contributed by atoms with Crippen LogP contribution in [-0.4, -0.2) is 0 Å². The molecule has 0 aliphatic rings. The normalized spacial score (nSPS) is 3.00. The molecule has 66 valence electrons. The number of rotatable bonds is 1. The van der Waals surface area contributed by atoms with Crippen LogP contribution in [0.4, 0.5) is 0 Å². The molecule has 0 spiro atoms. The number of hydrogen-bond acceptors (Lipinski definition) is 0. The van der Waals surface area contributed by atoms with Crippen molar-refractivity contribution in [1.29, 1.82) is 0 Å². The summed E-state index contributed by atoms with van der Waals surface area (Å²) in [5.41, 5.74) is 0. The Morgan fingerprint density at radius 1 is 0.600 bits per heavy atom. The molecular weight excluding hydrogens is 406 g/mol. The Kier molecular flexibility index (Phi) is 375. The van der Waals surface area contributed by atoms with Crippen molar-refractivity contribution in [2.45, 2.75) is 26.7 Å². The molecule has 10 heavy (non-hydrogen) atoms. The second kappa shape index (κ2) is 66.2. The van der Waals surface area contributed by atoms with Crippen molar-refractivity contribution >= 4 is 0 Å². The number of halogens is 5. The second-order valence-electron chi connectivity index (χ2n) is 1.000. The molecule has 0 atom stereocenters. The van der Waals surface area contributed by atoms with E-state index in [1.165, 1.54) is 12.8 Å². The molecule has 0 saturated heterocycles. The topological polar surface area (TPSA) is 0 Å². The fourth-order valence-corrected chi connectivity index (χ4v) is 0. The first-order valence-electron chi connectivity index (χ1n) is 1.91. The Bertz CT molecular complexity index is 15.6. The van der Waals surface area contributed by atoms with Crippen molar-refractivity contribution in [1.82, 2.24) is 0 Å². The van der Waals surface area contributed by atoms with Crippen LogP contribution in [-0.2, 0) is 22.4 Å². The molecule has 0 amide bonds. The van der Waals surface area contributed by atoms with Crippen LogP contribution >= 0.6 is 0 Å². The monoisotopic (exact) mass is 414 g/mol. The average Bonchev–Trinajstić information content (AvgIpc) is 1.37. The molecule has 0 aliphatic carbocycles. The Morgan fingerprint density at radius 3 is 0.700 bits per heavy atom. The summed E-state index contributed by atoms with van der Waals surface area (Å²) >= 11 is 0. The van der Waals surface area contributed by atoms with E-state index in [0.29, 0.717) is 0 Å². The van der Waals surface area contributed by atoms with Gasteiger partial charge in [0.2, 0.25) is 0 Å². The van der Waals surface area contributed by atoms with Crippen LogP contribution in [0.2, 0.25) is 0 Å². The van der Waals surface area contributed by atoms with Crippen molar-refractivity contribution in [2.24, 2.45) is 0 Å². The maximum atomic E-state index is 2.18. The molecule has 0 unspecified atom stereocenters. The summed E-state index contributed by atoms with van der Waals surface area (Å²) in [7, 11) is 0. The molecule has 0 fully saturated rings. The fraction of sp³-hybridized carbons (Fsp3) is 1.00. The largest absolute Gasteiger partial charge is 5.00 e. The Morgan fingerprint density at radius 2 is 0.700 bits per heavy atom. The van der Waals surface area contributed by atoms with Crippen LogP contribution < -0.4 is 62.0 Å². The van der Waals surface area contributed by atoms with Gasteiger partial charge in [0, 0.05) is 0 Å². The van der Waals surface area contributed by atoms with Gasteiger partial charge in [0.25, 0.3) is 0 Å². The van der Waals surface area contributed by atoms with E-state index in [-0.39, 0.29) is 84.4 Å². The van der Waals surface area contributed by atoms with Crippen LogP contribution in [0.1, 0.15) is 26.7 Å². The zero-order valence-corrected chi connectivity index (χ0v) is 12.7.